The molecule has 0 aliphatic carbocycles. The van der Waals surface area contributed by atoms with Gasteiger partial charge in [-0.3, -0.25) is 0 Å². The second-order valence-electron chi connectivity index (χ2n) is 1.56. The molecule has 1 aromatic carbocycles. The molecule has 1 aromatic rings. The topological polar surface area (TPSA) is 40.5 Å². The van der Waals surface area contributed by atoms with Crippen LogP contribution in [0.4, 0.5) is 0 Å². The van der Waals surface area contributed by atoms with E-state index < -0.39 is 0 Å². The highest BCUT2D eigenvalue weighted by molar-refractivity contribution is 9.10. The van der Waals surface area contributed by atoms with Crippen molar-refractivity contribution in [3.8, 4) is 11.5 Å². The van der Waals surface area contributed by atoms with Gasteiger partial charge in [-0.15, -0.1) is 0 Å². The van der Waals surface area contributed by atoms with Crippen molar-refractivity contribution in [3.63, 3.8) is 0 Å². The average molecular weight is 188 g/mol. The van der Waals surface area contributed by atoms with Gasteiger partial charge in [-0.2, -0.15) is 0 Å². The van der Waals surface area contributed by atoms with Gasteiger partial charge < -0.3 is 10.2 Å². The average Bonchev–Trinajstić information content (AvgIpc) is 1.80. The summed E-state index contributed by atoms with van der Waals surface area (Å²) in [4.78, 5) is 0. The smallest absolute Gasteiger partial charge is 0.134 e. The number of halogens is 1. The van der Waals surface area contributed by atoms with Crippen LogP contribution in [0, 0.1) is 6.07 Å². The van der Waals surface area contributed by atoms with Gasteiger partial charge in [0, 0.05) is 12.1 Å². The van der Waals surface area contributed by atoms with Crippen molar-refractivity contribution in [2.45, 2.75) is 0 Å². The number of rotatable bonds is 0. The fourth-order valence-corrected chi connectivity index (χ4v) is 0.685. The Labute approximate surface area is 60.9 Å². The maximum atomic E-state index is 8.86. The predicted octanol–water partition coefficient (Wildman–Crippen LogP) is 1.66. The van der Waals surface area contributed by atoms with Crippen LogP contribution >= 0.6 is 15.9 Å². The summed E-state index contributed by atoms with van der Waals surface area (Å²) in [6.07, 6.45) is 0. The van der Waals surface area contributed by atoms with Gasteiger partial charge in [-0.1, -0.05) is 0 Å². The Morgan fingerprint density at radius 2 is 2.11 bits per heavy atom. The first kappa shape index (κ1) is 6.42. The molecule has 0 saturated heterocycles. The van der Waals surface area contributed by atoms with E-state index in [0.717, 1.165) is 0 Å². The van der Waals surface area contributed by atoms with E-state index >= 15 is 0 Å². The highest BCUT2D eigenvalue weighted by atomic mass is 79.9. The third kappa shape index (κ3) is 1.36. The number of phenols is 2. The molecule has 0 atom stereocenters. The van der Waals surface area contributed by atoms with Gasteiger partial charge in [0.1, 0.15) is 11.5 Å². The first-order valence-corrected chi connectivity index (χ1v) is 3.08. The number of hydrogen-bond donors (Lipinski definition) is 2. The van der Waals surface area contributed by atoms with Gasteiger partial charge in [0.2, 0.25) is 0 Å². The summed E-state index contributed by atoms with van der Waals surface area (Å²) in [5.74, 6) is 0.00528. The fourth-order valence-electron chi connectivity index (χ4n) is 0.456. The summed E-state index contributed by atoms with van der Waals surface area (Å²) in [5.41, 5.74) is 0. The molecular weight excluding hydrogens is 184 g/mol. The molecule has 0 amide bonds. The summed E-state index contributed by atoms with van der Waals surface area (Å²) in [6.45, 7) is 0. The van der Waals surface area contributed by atoms with Crippen LogP contribution in [0.5, 0.6) is 11.5 Å². The van der Waals surface area contributed by atoms with Gasteiger partial charge in [0.25, 0.3) is 0 Å². The minimum absolute atomic E-state index is 0.00463. The molecule has 0 bridgehead atoms. The zero-order valence-corrected chi connectivity index (χ0v) is 6.01. The number of hydrogen-bond acceptors (Lipinski definition) is 2. The molecule has 1 radical (unpaired) electrons. The molecule has 3 heteroatoms. The summed E-state index contributed by atoms with van der Waals surface area (Å²) >= 11 is 3.01. The van der Waals surface area contributed by atoms with Crippen molar-refractivity contribution >= 4 is 15.9 Å². The maximum absolute atomic E-state index is 8.86. The molecule has 0 saturated carbocycles. The van der Waals surface area contributed by atoms with E-state index in [2.05, 4.69) is 22.0 Å². The van der Waals surface area contributed by atoms with Gasteiger partial charge in [-0.25, -0.2) is 0 Å². The molecule has 0 aliphatic rings. The van der Waals surface area contributed by atoms with Crippen molar-refractivity contribution in [2.75, 3.05) is 0 Å². The molecule has 2 nitrogen and oxygen atoms in total. The van der Waals surface area contributed by atoms with E-state index in [4.69, 9.17) is 10.2 Å². The van der Waals surface area contributed by atoms with Crippen LogP contribution < -0.4 is 0 Å². The third-order valence-electron chi connectivity index (χ3n) is 0.856. The first-order chi connectivity index (χ1) is 4.20. The van der Waals surface area contributed by atoms with E-state index in [9.17, 15) is 0 Å². The van der Waals surface area contributed by atoms with Crippen LogP contribution in [-0.2, 0) is 0 Å². The molecule has 0 heterocycles. The number of phenolic OH excluding ortho intramolecular Hbond substituents is 2. The zero-order chi connectivity index (χ0) is 6.85. The van der Waals surface area contributed by atoms with Gasteiger partial charge in [0.05, 0.1) is 4.47 Å². The SMILES string of the molecule is Oc1c[c]c(Br)c(O)c1. The van der Waals surface area contributed by atoms with Crippen molar-refractivity contribution in [1.82, 2.24) is 0 Å². The number of benzene rings is 1. The molecule has 9 heavy (non-hydrogen) atoms. The Bertz CT molecular complexity index is 222. The van der Waals surface area contributed by atoms with Crippen LogP contribution in [0.2, 0.25) is 0 Å². The van der Waals surface area contributed by atoms with Gasteiger partial charge in [-0.05, 0) is 22.0 Å². The Hall–Kier alpha value is -0.700. The van der Waals surface area contributed by atoms with E-state index in [0.29, 0.717) is 4.47 Å². The van der Waals surface area contributed by atoms with Crippen LogP contribution in [0.1, 0.15) is 0 Å². The van der Waals surface area contributed by atoms with Crippen molar-refractivity contribution < 1.29 is 10.2 Å². The van der Waals surface area contributed by atoms with E-state index in [1.165, 1.54) is 12.1 Å². The van der Waals surface area contributed by atoms with Gasteiger partial charge >= 0.3 is 0 Å². The monoisotopic (exact) mass is 187 g/mol. The first-order valence-electron chi connectivity index (χ1n) is 2.29. The van der Waals surface area contributed by atoms with Gasteiger partial charge in [0.15, 0.2) is 0 Å². The molecule has 0 fully saturated rings. The van der Waals surface area contributed by atoms with Crippen LogP contribution in [0.3, 0.4) is 0 Å². The predicted molar refractivity (Wildman–Crippen MR) is 36.3 cm³/mol. The molecular formula is C6H4BrO2. The lowest BCUT2D eigenvalue weighted by atomic mass is 10.3. The van der Waals surface area contributed by atoms with E-state index in [1.54, 1.807) is 0 Å². The maximum Gasteiger partial charge on any atom is 0.134 e. The summed E-state index contributed by atoms with van der Waals surface area (Å²) in [7, 11) is 0. The normalized spacial score (nSPS) is 9.44. The molecule has 0 aliphatic heterocycles. The van der Waals surface area contributed by atoms with Crippen LogP contribution in [0.25, 0.3) is 0 Å². The second-order valence-corrected chi connectivity index (χ2v) is 2.35. The van der Waals surface area contributed by atoms with Crippen molar-refractivity contribution in [3.05, 3.63) is 22.7 Å². The fraction of sp³-hybridized carbons (Fsp3) is 0. The Balaban J connectivity index is 3.17. The molecule has 47 valence electrons. The zero-order valence-electron chi connectivity index (χ0n) is 4.43. The Kier molecular flexibility index (Phi) is 1.62. The second kappa shape index (κ2) is 2.27. The van der Waals surface area contributed by atoms with E-state index in [-0.39, 0.29) is 11.5 Å². The summed E-state index contributed by atoms with van der Waals surface area (Å²) in [5, 5.41) is 17.6. The quantitative estimate of drug-likeness (QED) is 0.649. The van der Waals surface area contributed by atoms with Crippen LogP contribution in [0.15, 0.2) is 16.6 Å². The Morgan fingerprint density at radius 1 is 1.44 bits per heavy atom. The largest absolute Gasteiger partial charge is 0.508 e. The molecule has 1 rings (SSSR count). The lowest BCUT2D eigenvalue weighted by molar-refractivity contribution is 0.448. The lowest BCUT2D eigenvalue weighted by Gasteiger charge is -1.94. The summed E-state index contributed by atoms with van der Waals surface area (Å²) in [6, 6.07) is 5.19. The highest BCUT2D eigenvalue weighted by Gasteiger charge is 1.96. The van der Waals surface area contributed by atoms with Crippen molar-refractivity contribution in [1.29, 1.82) is 0 Å². The molecule has 0 unspecified atom stereocenters. The highest BCUT2D eigenvalue weighted by Crippen LogP contribution is 2.26. The minimum atomic E-state index is -0.00463. The van der Waals surface area contributed by atoms with Crippen LogP contribution in [-0.4, -0.2) is 10.2 Å². The molecule has 0 aromatic heterocycles. The van der Waals surface area contributed by atoms with E-state index in [1.807, 2.05) is 0 Å². The third-order valence-corrected chi connectivity index (χ3v) is 1.49. The molecule has 2 N–H and O–H groups in total. The Morgan fingerprint density at radius 3 is 2.56 bits per heavy atom. The lowest BCUT2D eigenvalue weighted by Crippen LogP contribution is -1.67. The summed E-state index contributed by atoms with van der Waals surface area (Å²) < 4.78 is 0.459. The van der Waals surface area contributed by atoms with Crippen molar-refractivity contribution in [2.24, 2.45) is 0 Å². The standard InChI is InChI=1S/C6H4BrO2/c7-5-2-1-4(8)3-6(5)9/h1,3,8-9H. The number of aromatic hydroxyl groups is 2. The molecule has 0 spiro atoms. The minimum Gasteiger partial charge on any atom is -0.508 e.